The summed E-state index contributed by atoms with van der Waals surface area (Å²) < 4.78 is 6.71. The first-order valence-corrected chi connectivity index (χ1v) is 9.63. The number of likely N-dealkylation sites (N-methyl/N-ethyl adjacent to an activating group) is 1. The Labute approximate surface area is 161 Å². The number of carbonyl (C=O) groups is 1. The molecule has 0 aromatic heterocycles. The lowest BCUT2D eigenvalue weighted by atomic mass is 9.97. The molecule has 0 radical (unpaired) electrons. The van der Waals surface area contributed by atoms with Gasteiger partial charge in [-0.1, -0.05) is 54.6 Å². The van der Waals surface area contributed by atoms with Gasteiger partial charge in [-0.15, -0.1) is 0 Å². The van der Waals surface area contributed by atoms with E-state index in [1.807, 2.05) is 36.4 Å². The van der Waals surface area contributed by atoms with Gasteiger partial charge in [0.1, 0.15) is 18.2 Å². The fourth-order valence-corrected chi connectivity index (χ4v) is 4.31. The largest absolute Gasteiger partial charge is 0.446 e. The van der Waals surface area contributed by atoms with Crippen LogP contribution < -0.4 is 5.32 Å². The molecule has 1 fully saturated rings. The van der Waals surface area contributed by atoms with Gasteiger partial charge in [0.15, 0.2) is 0 Å². The van der Waals surface area contributed by atoms with Crippen LogP contribution in [-0.2, 0) is 11.3 Å². The summed E-state index contributed by atoms with van der Waals surface area (Å²) in [5, 5.41) is 2.94. The van der Waals surface area contributed by atoms with Gasteiger partial charge in [0, 0.05) is 19.4 Å². The first-order valence-electron chi connectivity index (χ1n) is 9.63. The number of alkyl carbamates (subject to hydrolysis) is 1. The number of fused-ring (bicyclic) bond motifs is 2. The highest BCUT2D eigenvalue weighted by Crippen LogP contribution is 2.35. The molecule has 4 nitrogen and oxygen atoms in total. The van der Waals surface area contributed by atoms with Crippen molar-refractivity contribution in [2.75, 3.05) is 14.1 Å². The van der Waals surface area contributed by atoms with Crippen molar-refractivity contribution in [3.63, 3.8) is 0 Å². The molecule has 140 valence electrons. The summed E-state index contributed by atoms with van der Waals surface area (Å²) >= 11 is 0. The Morgan fingerprint density at radius 1 is 1.00 bits per heavy atom. The van der Waals surface area contributed by atoms with Gasteiger partial charge < -0.3 is 14.5 Å². The lowest BCUT2D eigenvalue weighted by Crippen LogP contribution is -2.57. The molecular weight excluding hydrogens is 336 g/mol. The predicted molar refractivity (Wildman–Crippen MR) is 107 cm³/mol. The first-order chi connectivity index (χ1) is 13.0. The van der Waals surface area contributed by atoms with Crippen LogP contribution in [0.15, 0.2) is 66.7 Å². The molecular formula is C23H27N2O2+. The summed E-state index contributed by atoms with van der Waals surface area (Å²) in [6.45, 7) is 0.462. The predicted octanol–water partition coefficient (Wildman–Crippen LogP) is 4.13. The van der Waals surface area contributed by atoms with Crippen LogP contribution in [0.1, 0.15) is 18.4 Å². The molecule has 0 spiro atoms. The molecule has 0 aliphatic carbocycles. The highest BCUT2D eigenvalue weighted by atomic mass is 16.6. The molecule has 2 aliphatic heterocycles. The van der Waals surface area contributed by atoms with E-state index in [1.165, 1.54) is 0 Å². The molecule has 2 atom stereocenters. The minimum Gasteiger partial charge on any atom is -0.446 e. The van der Waals surface area contributed by atoms with E-state index in [9.17, 15) is 4.79 Å². The van der Waals surface area contributed by atoms with Crippen molar-refractivity contribution in [3.8, 4) is 11.1 Å². The van der Waals surface area contributed by atoms with E-state index < -0.39 is 0 Å². The van der Waals surface area contributed by atoms with Crippen molar-refractivity contribution < 1.29 is 14.0 Å². The normalized spacial score (nSPS) is 25.2. The zero-order chi connectivity index (χ0) is 18.9. The Bertz CT molecular complexity index is 826. The SMILES string of the molecule is C[N+]1(C)C2C=CC1CC(OC(=O)NCc1ccccc1-c1ccccc1)C2. The summed E-state index contributed by atoms with van der Waals surface area (Å²) in [6.07, 6.45) is 6.02. The van der Waals surface area contributed by atoms with Gasteiger partial charge in [0.05, 0.1) is 14.1 Å². The third-order valence-electron chi connectivity index (χ3n) is 6.07. The summed E-state index contributed by atoms with van der Waals surface area (Å²) in [5.74, 6) is 0. The van der Waals surface area contributed by atoms with Gasteiger partial charge in [0.2, 0.25) is 0 Å². The van der Waals surface area contributed by atoms with Gasteiger partial charge >= 0.3 is 6.09 Å². The number of piperidine rings is 1. The zero-order valence-corrected chi connectivity index (χ0v) is 16.0. The number of nitrogens with zero attached hydrogens (tertiary/aromatic N) is 1. The molecule has 2 aromatic rings. The second-order valence-corrected chi connectivity index (χ2v) is 8.02. The number of amides is 1. The molecule has 2 aromatic carbocycles. The molecule has 4 heteroatoms. The molecule has 1 saturated heterocycles. The molecule has 1 N–H and O–H groups in total. The van der Waals surface area contributed by atoms with Gasteiger partial charge in [-0.2, -0.15) is 0 Å². The number of quaternary nitrogens is 1. The third kappa shape index (κ3) is 3.62. The molecule has 27 heavy (non-hydrogen) atoms. The molecule has 2 aliphatic rings. The number of benzene rings is 2. The minimum absolute atomic E-state index is 0.00878. The summed E-state index contributed by atoms with van der Waals surface area (Å²) in [5.41, 5.74) is 3.37. The Hall–Kier alpha value is -2.59. The summed E-state index contributed by atoms with van der Waals surface area (Å²) in [7, 11) is 4.51. The average Bonchev–Trinajstić information content (AvgIpc) is 2.85. The van der Waals surface area contributed by atoms with Crippen LogP contribution in [0.3, 0.4) is 0 Å². The van der Waals surface area contributed by atoms with E-state index in [2.05, 4.69) is 49.8 Å². The fraction of sp³-hybridized carbons (Fsp3) is 0.348. The Kier molecular flexibility index (Phi) is 4.75. The van der Waals surface area contributed by atoms with Crippen LogP contribution in [0.4, 0.5) is 4.79 Å². The zero-order valence-electron chi connectivity index (χ0n) is 16.0. The lowest BCUT2D eigenvalue weighted by molar-refractivity contribution is -0.926. The second-order valence-electron chi connectivity index (χ2n) is 8.02. The number of hydrogen-bond acceptors (Lipinski definition) is 2. The maximum Gasteiger partial charge on any atom is 0.407 e. The molecule has 2 unspecified atom stereocenters. The van der Waals surface area contributed by atoms with Crippen LogP contribution >= 0.6 is 0 Å². The van der Waals surface area contributed by atoms with Crippen LogP contribution in [0.5, 0.6) is 0 Å². The average molecular weight is 363 g/mol. The van der Waals surface area contributed by atoms with Crippen molar-refractivity contribution >= 4 is 6.09 Å². The summed E-state index contributed by atoms with van der Waals surface area (Å²) in [4.78, 5) is 12.4. The Balaban J connectivity index is 1.36. The molecule has 0 saturated carbocycles. The third-order valence-corrected chi connectivity index (χ3v) is 6.07. The lowest BCUT2D eigenvalue weighted by Gasteiger charge is -2.43. The monoisotopic (exact) mass is 363 g/mol. The van der Waals surface area contributed by atoms with Gasteiger partial charge in [-0.05, 0) is 28.8 Å². The van der Waals surface area contributed by atoms with Crippen LogP contribution in [-0.4, -0.2) is 42.9 Å². The van der Waals surface area contributed by atoms with Crippen molar-refractivity contribution in [1.82, 2.24) is 5.32 Å². The number of hydrogen-bond donors (Lipinski definition) is 1. The van der Waals surface area contributed by atoms with E-state index in [4.69, 9.17) is 4.74 Å². The number of rotatable bonds is 4. The van der Waals surface area contributed by atoms with Crippen molar-refractivity contribution in [3.05, 3.63) is 72.3 Å². The topological polar surface area (TPSA) is 38.3 Å². The van der Waals surface area contributed by atoms with E-state index in [1.54, 1.807) is 0 Å². The first kappa shape index (κ1) is 17.8. The Morgan fingerprint density at radius 2 is 1.63 bits per heavy atom. The highest BCUT2D eigenvalue weighted by Gasteiger charge is 2.46. The van der Waals surface area contributed by atoms with Crippen LogP contribution in [0.2, 0.25) is 0 Å². The highest BCUT2D eigenvalue weighted by molar-refractivity contribution is 5.70. The van der Waals surface area contributed by atoms with E-state index in [0.29, 0.717) is 18.6 Å². The number of nitrogens with one attached hydrogen (secondary N) is 1. The standard InChI is InChI=1S/C23H26N2O2/c1-25(2)19-12-13-20(25)15-21(14-19)27-23(26)24-16-18-10-6-7-11-22(18)17-8-4-3-5-9-17/h3-13,19-21H,14-16H2,1-2H3/p+1. The smallest absolute Gasteiger partial charge is 0.407 e. The number of carbonyl (C=O) groups excluding carboxylic acids is 1. The quantitative estimate of drug-likeness (QED) is 0.655. The van der Waals surface area contributed by atoms with E-state index in [0.717, 1.165) is 34.0 Å². The molecule has 1 amide bonds. The van der Waals surface area contributed by atoms with Crippen molar-refractivity contribution in [2.45, 2.75) is 37.6 Å². The van der Waals surface area contributed by atoms with Gasteiger partial charge in [0.25, 0.3) is 0 Å². The van der Waals surface area contributed by atoms with E-state index in [-0.39, 0.29) is 12.2 Å². The maximum atomic E-state index is 12.4. The minimum atomic E-state index is -0.325. The molecule has 2 heterocycles. The van der Waals surface area contributed by atoms with Crippen LogP contribution in [0.25, 0.3) is 11.1 Å². The Morgan fingerprint density at radius 3 is 2.33 bits per heavy atom. The fourth-order valence-electron chi connectivity index (χ4n) is 4.31. The van der Waals surface area contributed by atoms with Crippen molar-refractivity contribution in [2.24, 2.45) is 0 Å². The molecule has 2 bridgehead atoms. The molecule has 4 rings (SSSR count). The van der Waals surface area contributed by atoms with Crippen LogP contribution in [0, 0.1) is 0 Å². The van der Waals surface area contributed by atoms with Gasteiger partial charge in [-0.25, -0.2) is 4.79 Å². The summed E-state index contributed by atoms with van der Waals surface area (Å²) in [6, 6.07) is 19.3. The van der Waals surface area contributed by atoms with Crippen molar-refractivity contribution in [1.29, 1.82) is 0 Å². The number of ether oxygens (including phenoxy) is 1. The second kappa shape index (κ2) is 7.20. The van der Waals surface area contributed by atoms with Gasteiger partial charge in [-0.3, -0.25) is 0 Å². The maximum absolute atomic E-state index is 12.4. The van der Waals surface area contributed by atoms with E-state index >= 15 is 0 Å².